The van der Waals surface area contributed by atoms with Crippen molar-refractivity contribution in [3.63, 3.8) is 0 Å². The summed E-state index contributed by atoms with van der Waals surface area (Å²) in [6.07, 6.45) is 1.59. The van der Waals surface area contributed by atoms with Crippen molar-refractivity contribution in [1.82, 2.24) is 4.98 Å². The van der Waals surface area contributed by atoms with Crippen molar-refractivity contribution in [1.29, 1.82) is 0 Å². The zero-order valence-electron chi connectivity index (χ0n) is 10.8. The van der Waals surface area contributed by atoms with Gasteiger partial charge in [-0.2, -0.15) is 0 Å². The molecule has 0 aliphatic rings. The van der Waals surface area contributed by atoms with Gasteiger partial charge in [-0.05, 0) is 30.3 Å². The highest BCUT2D eigenvalue weighted by Crippen LogP contribution is 2.31. The number of carboxylic acid groups (broad SMARTS) is 1. The largest absolute Gasteiger partial charge is 0.478 e. The number of rotatable bonds is 6. The Kier molecular flexibility index (Phi) is 6.23. The van der Waals surface area contributed by atoms with Gasteiger partial charge in [0.2, 0.25) is 0 Å². The number of hydrogen-bond donors (Lipinski definition) is 1. The van der Waals surface area contributed by atoms with Gasteiger partial charge in [0, 0.05) is 27.6 Å². The molecule has 21 heavy (non-hydrogen) atoms. The molecule has 0 fully saturated rings. The molecule has 0 atom stereocenters. The van der Waals surface area contributed by atoms with Crippen LogP contribution in [0.1, 0.15) is 10.4 Å². The maximum atomic E-state index is 11.1. The van der Waals surface area contributed by atoms with Crippen molar-refractivity contribution in [2.24, 2.45) is 0 Å². The number of hydrogen-bond acceptors (Lipinski definition) is 4. The predicted molar refractivity (Wildman–Crippen MR) is 89.1 cm³/mol. The van der Waals surface area contributed by atoms with Crippen LogP contribution in [0.15, 0.2) is 46.5 Å². The van der Waals surface area contributed by atoms with Crippen molar-refractivity contribution < 1.29 is 9.90 Å². The lowest BCUT2D eigenvalue weighted by Gasteiger charge is -2.06. The minimum Gasteiger partial charge on any atom is -0.478 e. The van der Waals surface area contributed by atoms with Gasteiger partial charge in [0.15, 0.2) is 0 Å². The highest BCUT2D eigenvalue weighted by molar-refractivity contribution is 8.03. The molecule has 0 bridgehead atoms. The Hall–Kier alpha value is -0.880. The van der Waals surface area contributed by atoms with Crippen LogP contribution in [0.5, 0.6) is 0 Å². The molecule has 0 unspecified atom stereocenters. The fraction of sp³-hybridized carbons (Fsp3) is 0.143. The molecule has 0 spiro atoms. The number of halogens is 2. The van der Waals surface area contributed by atoms with E-state index in [9.17, 15) is 4.79 Å². The van der Waals surface area contributed by atoms with E-state index in [0.717, 1.165) is 16.4 Å². The number of aromatic carboxylic acids is 1. The monoisotopic (exact) mass is 359 g/mol. The zero-order chi connectivity index (χ0) is 15.2. The molecule has 2 rings (SSSR count). The number of benzene rings is 1. The molecule has 1 aromatic carbocycles. The minimum atomic E-state index is -0.962. The van der Waals surface area contributed by atoms with Gasteiger partial charge in [0.25, 0.3) is 0 Å². The summed E-state index contributed by atoms with van der Waals surface area (Å²) in [5.74, 6) is 0.543. The van der Waals surface area contributed by atoms with Gasteiger partial charge in [-0.1, -0.05) is 23.2 Å². The van der Waals surface area contributed by atoms with Crippen LogP contribution in [0.3, 0.4) is 0 Å². The molecule has 0 amide bonds. The van der Waals surface area contributed by atoms with Gasteiger partial charge >= 0.3 is 5.97 Å². The maximum absolute atomic E-state index is 11.1. The van der Waals surface area contributed by atoms with Crippen LogP contribution in [0.4, 0.5) is 0 Å². The second-order valence-corrected chi connectivity index (χ2v) is 7.00. The number of carboxylic acids is 1. The Balaban J connectivity index is 1.91. The quantitative estimate of drug-likeness (QED) is 0.582. The van der Waals surface area contributed by atoms with Crippen LogP contribution in [0.25, 0.3) is 0 Å². The summed E-state index contributed by atoms with van der Waals surface area (Å²) in [4.78, 5) is 16.1. The molecule has 0 aliphatic heterocycles. The standard InChI is InChI=1S/C14H11Cl2NO2S2/c15-9-3-4-11(16)12(8-9)20-6-7-21-13-10(14(18)19)2-1-5-17-13/h1-5,8H,6-7H2,(H,18,19). The Labute approximate surface area is 141 Å². The molecule has 0 radical (unpaired) electrons. The first-order chi connectivity index (χ1) is 10.1. The lowest BCUT2D eigenvalue weighted by Crippen LogP contribution is -2.00. The van der Waals surface area contributed by atoms with Crippen LogP contribution >= 0.6 is 46.7 Å². The molecule has 2 aromatic rings. The van der Waals surface area contributed by atoms with E-state index >= 15 is 0 Å². The average molecular weight is 360 g/mol. The summed E-state index contributed by atoms with van der Waals surface area (Å²) < 4.78 is 0. The third-order valence-electron chi connectivity index (χ3n) is 2.47. The Bertz CT molecular complexity index is 653. The molecule has 0 saturated carbocycles. The first-order valence-electron chi connectivity index (χ1n) is 5.97. The van der Waals surface area contributed by atoms with Crippen LogP contribution in [-0.4, -0.2) is 27.6 Å². The number of pyridine rings is 1. The third-order valence-corrected chi connectivity index (χ3v) is 5.47. The van der Waals surface area contributed by atoms with Crippen molar-refractivity contribution in [2.45, 2.75) is 9.92 Å². The van der Waals surface area contributed by atoms with Crippen molar-refractivity contribution in [2.75, 3.05) is 11.5 Å². The number of carbonyl (C=O) groups is 1. The van der Waals surface area contributed by atoms with Gasteiger partial charge in [-0.3, -0.25) is 0 Å². The summed E-state index contributed by atoms with van der Waals surface area (Å²) >= 11 is 15.0. The summed E-state index contributed by atoms with van der Waals surface area (Å²) in [7, 11) is 0. The maximum Gasteiger partial charge on any atom is 0.338 e. The van der Waals surface area contributed by atoms with Crippen LogP contribution in [0, 0.1) is 0 Å². The molecule has 7 heteroatoms. The summed E-state index contributed by atoms with van der Waals surface area (Å²) in [6.45, 7) is 0. The topological polar surface area (TPSA) is 50.2 Å². The average Bonchev–Trinajstić information content (AvgIpc) is 2.47. The molecule has 1 aromatic heterocycles. The van der Waals surface area contributed by atoms with Gasteiger partial charge in [0.1, 0.15) is 5.03 Å². The molecular formula is C14H11Cl2NO2S2. The summed E-state index contributed by atoms with van der Waals surface area (Å²) in [6, 6.07) is 8.51. The highest BCUT2D eigenvalue weighted by atomic mass is 35.5. The second kappa shape index (κ2) is 7.94. The first kappa shape index (κ1) is 16.5. The predicted octanol–water partition coefficient (Wildman–Crippen LogP) is 4.97. The molecular weight excluding hydrogens is 349 g/mol. The van der Waals surface area contributed by atoms with E-state index in [4.69, 9.17) is 28.3 Å². The molecule has 3 nitrogen and oxygen atoms in total. The summed E-state index contributed by atoms with van der Waals surface area (Å²) in [5.41, 5.74) is 0.230. The molecule has 0 saturated heterocycles. The zero-order valence-corrected chi connectivity index (χ0v) is 13.9. The molecule has 0 aliphatic carbocycles. The minimum absolute atomic E-state index is 0.230. The first-order valence-corrected chi connectivity index (χ1v) is 8.69. The second-order valence-electron chi connectivity index (χ2n) is 3.93. The van der Waals surface area contributed by atoms with Crippen LogP contribution in [0.2, 0.25) is 10.0 Å². The molecule has 110 valence electrons. The van der Waals surface area contributed by atoms with Gasteiger partial charge in [0.05, 0.1) is 10.6 Å². The highest BCUT2D eigenvalue weighted by Gasteiger charge is 2.11. The lowest BCUT2D eigenvalue weighted by molar-refractivity contribution is 0.0692. The van der Waals surface area contributed by atoms with E-state index in [1.165, 1.54) is 11.8 Å². The van der Waals surface area contributed by atoms with Crippen molar-refractivity contribution in [3.05, 3.63) is 52.1 Å². The Morgan fingerprint density at radius 2 is 1.95 bits per heavy atom. The van der Waals surface area contributed by atoms with E-state index < -0.39 is 5.97 Å². The van der Waals surface area contributed by atoms with Gasteiger partial charge in [-0.15, -0.1) is 23.5 Å². The third kappa shape index (κ3) is 4.81. The number of thioether (sulfide) groups is 2. The smallest absolute Gasteiger partial charge is 0.338 e. The van der Waals surface area contributed by atoms with E-state index in [2.05, 4.69) is 4.98 Å². The van der Waals surface area contributed by atoms with E-state index in [-0.39, 0.29) is 5.56 Å². The van der Waals surface area contributed by atoms with Crippen molar-refractivity contribution in [3.8, 4) is 0 Å². The van der Waals surface area contributed by atoms with Crippen LogP contribution < -0.4 is 0 Å². The number of nitrogens with zero attached hydrogens (tertiary/aromatic N) is 1. The van der Waals surface area contributed by atoms with E-state index in [0.29, 0.717) is 15.1 Å². The fourth-order valence-electron chi connectivity index (χ4n) is 1.55. The molecule has 1 heterocycles. The fourth-order valence-corrected chi connectivity index (χ4v) is 4.01. The molecule has 1 N–H and O–H groups in total. The normalized spacial score (nSPS) is 10.6. The van der Waals surface area contributed by atoms with E-state index in [1.807, 2.05) is 6.07 Å². The van der Waals surface area contributed by atoms with Gasteiger partial charge in [-0.25, -0.2) is 9.78 Å². The SMILES string of the molecule is O=C(O)c1cccnc1SCCSc1cc(Cl)ccc1Cl. The lowest BCUT2D eigenvalue weighted by atomic mass is 10.3. The Morgan fingerprint density at radius 1 is 1.19 bits per heavy atom. The Morgan fingerprint density at radius 3 is 2.71 bits per heavy atom. The van der Waals surface area contributed by atoms with Crippen molar-refractivity contribution >= 4 is 52.7 Å². The van der Waals surface area contributed by atoms with E-state index in [1.54, 1.807) is 42.2 Å². The van der Waals surface area contributed by atoms with Gasteiger partial charge < -0.3 is 5.11 Å². The number of aromatic nitrogens is 1. The van der Waals surface area contributed by atoms with Crippen LogP contribution in [-0.2, 0) is 0 Å². The summed E-state index contributed by atoms with van der Waals surface area (Å²) in [5, 5.41) is 10.9.